The Hall–Kier alpha value is -1.14. The van der Waals surface area contributed by atoms with Gasteiger partial charge in [-0.1, -0.05) is 23.2 Å². The number of thiazole rings is 1. The molecule has 0 saturated carbocycles. The number of carboxylic acids is 1. The zero-order valence-electron chi connectivity index (χ0n) is 11.3. The summed E-state index contributed by atoms with van der Waals surface area (Å²) < 4.78 is 0. The van der Waals surface area contributed by atoms with E-state index in [2.05, 4.69) is 4.98 Å². The molecule has 21 heavy (non-hydrogen) atoms. The highest BCUT2D eigenvalue weighted by Crippen LogP contribution is 2.31. The first kappa shape index (κ1) is 16.2. The summed E-state index contributed by atoms with van der Waals surface area (Å²) in [7, 11) is 1.87. The molecule has 0 bridgehead atoms. The van der Waals surface area contributed by atoms with Crippen LogP contribution in [0.25, 0.3) is 11.3 Å². The Labute approximate surface area is 136 Å². The number of benzene rings is 1. The van der Waals surface area contributed by atoms with E-state index in [9.17, 15) is 4.79 Å². The van der Waals surface area contributed by atoms with E-state index < -0.39 is 5.97 Å². The van der Waals surface area contributed by atoms with Gasteiger partial charge < -0.3 is 5.11 Å². The summed E-state index contributed by atoms with van der Waals surface area (Å²) in [6.07, 6.45) is 0.120. The second kappa shape index (κ2) is 7.22. The van der Waals surface area contributed by atoms with Gasteiger partial charge in [0.2, 0.25) is 0 Å². The molecular weight excluding hydrogens is 331 g/mol. The van der Waals surface area contributed by atoms with Crippen molar-refractivity contribution in [3.8, 4) is 11.3 Å². The van der Waals surface area contributed by atoms with Crippen LogP contribution in [-0.4, -0.2) is 34.6 Å². The largest absolute Gasteiger partial charge is 0.481 e. The predicted octanol–water partition coefficient (Wildman–Crippen LogP) is 4.02. The molecular formula is C14H14Cl2N2O2S. The molecule has 0 amide bonds. The maximum atomic E-state index is 10.5. The number of aliphatic carboxylic acids is 1. The van der Waals surface area contributed by atoms with E-state index in [1.165, 1.54) is 11.3 Å². The van der Waals surface area contributed by atoms with Crippen molar-refractivity contribution >= 4 is 40.5 Å². The molecule has 0 atom stereocenters. The molecule has 0 aliphatic carbocycles. The molecule has 1 aromatic carbocycles. The Kier molecular flexibility index (Phi) is 5.58. The number of carbonyl (C=O) groups is 1. The van der Waals surface area contributed by atoms with Crippen LogP contribution in [0.3, 0.4) is 0 Å². The summed E-state index contributed by atoms with van der Waals surface area (Å²) in [5.74, 6) is -0.799. The first-order valence-corrected chi connectivity index (χ1v) is 7.89. The lowest BCUT2D eigenvalue weighted by atomic mass is 10.2. The number of rotatable bonds is 6. The van der Waals surface area contributed by atoms with Gasteiger partial charge in [0.1, 0.15) is 5.01 Å². The summed E-state index contributed by atoms with van der Waals surface area (Å²) in [5.41, 5.74) is 1.59. The van der Waals surface area contributed by atoms with Gasteiger partial charge >= 0.3 is 5.97 Å². The molecule has 4 nitrogen and oxygen atoms in total. The summed E-state index contributed by atoms with van der Waals surface area (Å²) in [6, 6.07) is 5.27. The predicted molar refractivity (Wildman–Crippen MR) is 86.2 cm³/mol. The number of nitrogens with zero attached hydrogens (tertiary/aromatic N) is 2. The van der Waals surface area contributed by atoms with Gasteiger partial charge in [-0.2, -0.15) is 0 Å². The number of aromatic nitrogens is 1. The monoisotopic (exact) mass is 344 g/mol. The Morgan fingerprint density at radius 2 is 2.19 bits per heavy atom. The third-order valence-electron chi connectivity index (χ3n) is 2.87. The fourth-order valence-electron chi connectivity index (χ4n) is 1.80. The van der Waals surface area contributed by atoms with E-state index >= 15 is 0 Å². The molecule has 2 aromatic rings. The third kappa shape index (κ3) is 4.68. The molecule has 0 unspecified atom stereocenters. The van der Waals surface area contributed by atoms with Gasteiger partial charge in [-0.25, -0.2) is 4.98 Å². The molecule has 0 aliphatic rings. The number of carboxylic acid groups (broad SMARTS) is 1. The molecule has 0 radical (unpaired) electrons. The van der Waals surface area contributed by atoms with Crippen molar-refractivity contribution < 1.29 is 9.90 Å². The lowest BCUT2D eigenvalue weighted by molar-refractivity contribution is -0.137. The third-order valence-corrected chi connectivity index (χ3v) is 4.27. The standard InChI is InChI=1S/C14H14Cl2N2O2S/c1-18(5-4-14(19)20)7-13-17-12(8-21-13)10-6-9(15)2-3-11(10)16/h2-3,6,8H,4-5,7H2,1H3,(H,19,20). The van der Waals surface area contributed by atoms with Crippen molar-refractivity contribution in [1.29, 1.82) is 0 Å². The maximum Gasteiger partial charge on any atom is 0.304 e. The van der Waals surface area contributed by atoms with Crippen LogP contribution in [0, 0.1) is 0 Å². The van der Waals surface area contributed by atoms with Gasteiger partial charge in [-0.15, -0.1) is 11.3 Å². The van der Waals surface area contributed by atoms with Gasteiger partial charge in [0, 0.05) is 22.5 Å². The van der Waals surface area contributed by atoms with E-state index in [-0.39, 0.29) is 6.42 Å². The summed E-state index contributed by atoms with van der Waals surface area (Å²) >= 11 is 13.7. The van der Waals surface area contributed by atoms with Crippen LogP contribution in [0.5, 0.6) is 0 Å². The zero-order valence-corrected chi connectivity index (χ0v) is 13.7. The lowest BCUT2D eigenvalue weighted by Gasteiger charge is -2.12. The van der Waals surface area contributed by atoms with E-state index in [1.807, 2.05) is 17.3 Å². The van der Waals surface area contributed by atoms with Crippen LogP contribution >= 0.6 is 34.5 Å². The van der Waals surface area contributed by atoms with Gasteiger partial charge in [-0.3, -0.25) is 9.69 Å². The quantitative estimate of drug-likeness (QED) is 0.859. The van der Waals surface area contributed by atoms with Crippen LogP contribution in [0.1, 0.15) is 11.4 Å². The summed E-state index contributed by atoms with van der Waals surface area (Å²) in [5, 5.41) is 12.7. The lowest BCUT2D eigenvalue weighted by Crippen LogP contribution is -2.21. The van der Waals surface area contributed by atoms with Gasteiger partial charge in [0.25, 0.3) is 0 Å². The van der Waals surface area contributed by atoms with Crippen LogP contribution in [-0.2, 0) is 11.3 Å². The first-order valence-electron chi connectivity index (χ1n) is 6.26. The fourth-order valence-corrected chi connectivity index (χ4v) is 3.06. The number of hydrogen-bond donors (Lipinski definition) is 1. The van der Waals surface area contributed by atoms with Gasteiger partial charge in [0.15, 0.2) is 0 Å². The second-order valence-electron chi connectivity index (χ2n) is 4.63. The molecule has 2 rings (SSSR count). The molecule has 7 heteroatoms. The minimum absolute atomic E-state index is 0.120. The highest BCUT2D eigenvalue weighted by molar-refractivity contribution is 7.09. The Morgan fingerprint density at radius 3 is 2.90 bits per heavy atom. The van der Waals surface area contributed by atoms with Crippen LogP contribution in [0.4, 0.5) is 0 Å². The zero-order chi connectivity index (χ0) is 15.4. The van der Waals surface area contributed by atoms with Crippen molar-refractivity contribution in [2.45, 2.75) is 13.0 Å². The average molecular weight is 345 g/mol. The highest BCUT2D eigenvalue weighted by atomic mass is 35.5. The Bertz CT molecular complexity index is 646. The van der Waals surface area contributed by atoms with Crippen molar-refractivity contribution in [3.05, 3.63) is 38.6 Å². The average Bonchev–Trinajstić information content (AvgIpc) is 2.87. The highest BCUT2D eigenvalue weighted by Gasteiger charge is 2.11. The van der Waals surface area contributed by atoms with E-state index in [0.717, 1.165) is 16.3 Å². The minimum atomic E-state index is -0.799. The molecule has 112 valence electrons. The normalized spacial score (nSPS) is 11.0. The molecule has 1 aromatic heterocycles. The summed E-state index contributed by atoms with van der Waals surface area (Å²) in [4.78, 5) is 17.0. The molecule has 1 N–H and O–H groups in total. The SMILES string of the molecule is CN(CCC(=O)O)Cc1nc(-c2cc(Cl)ccc2Cl)cs1. The van der Waals surface area contributed by atoms with Crippen molar-refractivity contribution in [3.63, 3.8) is 0 Å². The van der Waals surface area contributed by atoms with Crippen LogP contribution < -0.4 is 0 Å². The number of halogens is 2. The van der Waals surface area contributed by atoms with Gasteiger partial charge in [-0.05, 0) is 25.2 Å². The van der Waals surface area contributed by atoms with Crippen molar-refractivity contribution in [1.82, 2.24) is 9.88 Å². The van der Waals surface area contributed by atoms with E-state index in [1.54, 1.807) is 18.2 Å². The molecule has 0 aliphatic heterocycles. The fraction of sp³-hybridized carbons (Fsp3) is 0.286. The van der Waals surface area contributed by atoms with E-state index in [4.69, 9.17) is 28.3 Å². The van der Waals surface area contributed by atoms with E-state index in [0.29, 0.717) is 23.1 Å². The smallest absolute Gasteiger partial charge is 0.304 e. The van der Waals surface area contributed by atoms with Crippen LogP contribution in [0.2, 0.25) is 10.0 Å². The minimum Gasteiger partial charge on any atom is -0.481 e. The number of hydrogen-bond acceptors (Lipinski definition) is 4. The molecule has 0 spiro atoms. The molecule has 0 saturated heterocycles. The summed E-state index contributed by atoms with van der Waals surface area (Å²) in [6.45, 7) is 1.10. The molecule has 0 fully saturated rings. The first-order chi connectivity index (χ1) is 9.95. The van der Waals surface area contributed by atoms with Crippen LogP contribution in [0.15, 0.2) is 23.6 Å². The maximum absolute atomic E-state index is 10.5. The van der Waals surface area contributed by atoms with Crippen molar-refractivity contribution in [2.24, 2.45) is 0 Å². The Morgan fingerprint density at radius 1 is 1.43 bits per heavy atom. The second-order valence-corrected chi connectivity index (χ2v) is 6.42. The van der Waals surface area contributed by atoms with Crippen molar-refractivity contribution in [2.75, 3.05) is 13.6 Å². The molecule has 1 heterocycles. The van der Waals surface area contributed by atoms with Gasteiger partial charge in [0.05, 0.1) is 23.7 Å². The topological polar surface area (TPSA) is 53.4 Å². The Balaban J connectivity index is 2.07.